The number of nitrogens with zero attached hydrogens (tertiary/aromatic N) is 4. The van der Waals surface area contributed by atoms with Gasteiger partial charge in [-0.1, -0.05) is 6.07 Å². The molecule has 0 unspecified atom stereocenters. The predicted molar refractivity (Wildman–Crippen MR) is 97.1 cm³/mol. The summed E-state index contributed by atoms with van der Waals surface area (Å²) in [5, 5.41) is 32.3. The summed E-state index contributed by atoms with van der Waals surface area (Å²) in [7, 11) is 0. The average Bonchev–Trinajstić information content (AvgIpc) is 3.27. The van der Waals surface area contributed by atoms with E-state index in [1.54, 1.807) is 0 Å². The van der Waals surface area contributed by atoms with Gasteiger partial charge in [0.25, 0.3) is 0 Å². The van der Waals surface area contributed by atoms with E-state index >= 15 is 0 Å². The lowest BCUT2D eigenvalue weighted by molar-refractivity contribution is -0.140. The van der Waals surface area contributed by atoms with Gasteiger partial charge in [0.2, 0.25) is 0 Å². The number of hydrogen-bond donors (Lipinski definition) is 4. The molecule has 0 radical (unpaired) electrons. The largest absolute Gasteiger partial charge is 0.419 e. The second kappa shape index (κ2) is 8.00. The van der Waals surface area contributed by atoms with Crippen molar-refractivity contribution in [3.05, 3.63) is 47.8 Å². The molecule has 4 rings (SSSR count). The number of nitrogens with one attached hydrogen (secondary N) is 1. The number of ether oxygens (including phenoxy) is 1. The first-order valence-electron chi connectivity index (χ1n) is 9.10. The lowest BCUT2D eigenvalue weighted by Crippen LogP contribution is -2.33. The monoisotopic (exact) mass is 443 g/mol. The first-order chi connectivity index (χ1) is 14.7. The zero-order valence-corrected chi connectivity index (χ0v) is 15.7. The van der Waals surface area contributed by atoms with Crippen molar-refractivity contribution in [2.24, 2.45) is 0 Å². The minimum atomic E-state index is -4.78. The van der Waals surface area contributed by atoms with Crippen LogP contribution in [0.5, 0.6) is 0 Å². The van der Waals surface area contributed by atoms with Crippen molar-refractivity contribution in [1.82, 2.24) is 19.5 Å². The van der Waals surface area contributed by atoms with Crippen LogP contribution in [0.3, 0.4) is 0 Å². The van der Waals surface area contributed by atoms with E-state index in [-0.39, 0.29) is 29.1 Å². The number of imidazole rings is 1. The molecule has 166 valence electrons. The van der Waals surface area contributed by atoms with E-state index in [0.717, 1.165) is 12.1 Å². The number of halogens is 4. The van der Waals surface area contributed by atoms with Gasteiger partial charge in [-0.15, -0.1) is 0 Å². The molecule has 0 spiro atoms. The minimum Gasteiger partial charge on any atom is -0.394 e. The normalized spacial score (nSPS) is 24.1. The summed E-state index contributed by atoms with van der Waals surface area (Å²) in [5.41, 5.74) is -0.600. The quantitative estimate of drug-likeness (QED) is 0.434. The fraction of sp³-hybridized carbons (Fsp3) is 0.389. The van der Waals surface area contributed by atoms with Crippen LogP contribution in [-0.4, -0.2) is 59.8 Å². The van der Waals surface area contributed by atoms with Gasteiger partial charge in [-0.2, -0.15) is 13.2 Å². The topological polar surface area (TPSA) is 126 Å². The van der Waals surface area contributed by atoms with E-state index in [1.165, 1.54) is 17.2 Å². The molecule has 1 aliphatic rings. The Bertz CT molecular complexity index is 1090. The summed E-state index contributed by atoms with van der Waals surface area (Å²) in [5.74, 6) is -1.16. The Morgan fingerprint density at radius 3 is 2.55 bits per heavy atom. The zero-order valence-electron chi connectivity index (χ0n) is 15.7. The fourth-order valence-electron chi connectivity index (χ4n) is 3.36. The maximum atomic E-state index is 13.8. The first-order valence-corrected chi connectivity index (χ1v) is 9.10. The maximum Gasteiger partial charge on any atom is 0.419 e. The molecule has 1 fully saturated rings. The van der Waals surface area contributed by atoms with E-state index in [0.29, 0.717) is 6.07 Å². The lowest BCUT2D eigenvalue weighted by Gasteiger charge is -2.16. The molecule has 1 aromatic carbocycles. The number of rotatable bonds is 5. The van der Waals surface area contributed by atoms with Gasteiger partial charge in [0.1, 0.15) is 30.5 Å². The smallest absolute Gasteiger partial charge is 0.394 e. The van der Waals surface area contributed by atoms with Crippen LogP contribution in [0.4, 0.5) is 23.4 Å². The SMILES string of the molecule is OC[C@H]1O[C@@H](n2cnc3c(NCc4ccc(C(F)(F)F)c(F)c4)ncnc32)[C@H](O)[C@@H]1O. The summed E-state index contributed by atoms with van der Waals surface area (Å²) in [6.45, 7) is -0.533. The number of benzene rings is 1. The van der Waals surface area contributed by atoms with Crippen molar-refractivity contribution in [3.8, 4) is 0 Å². The molecule has 3 heterocycles. The van der Waals surface area contributed by atoms with Crippen molar-refractivity contribution in [2.45, 2.75) is 37.3 Å². The molecule has 13 heteroatoms. The molecule has 9 nitrogen and oxygen atoms in total. The molecule has 0 saturated carbocycles. The van der Waals surface area contributed by atoms with Crippen molar-refractivity contribution in [3.63, 3.8) is 0 Å². The van der Waals surface area contributed by atoms with E-state index < -0.39 is 48.7 Å². The summed E-state index contributed by atoms with van der Waals surface area (Å²) in [6.07, 6.45) is -6.95. The zero-order chi connectivity index (χ0) is 22.3. The van der Waals surface area contributed by atoms with Crippen LogP contribution >= 0.6 is 0 Å². The number of alkyl halides is 3. The molecule has 0 amide bonds. The Labute approximate surface area is 172 Å². The van der Waals surface area contributed by atoms with Crippen LogP contribution in [0, 0.1) is 5.82 Å². The minimum absolute atomic E-state index is 0.0398. The number of aromatic nitrogens is 4. The van der Waals surface area contributed by atoms with Gasteiger partial charge in [0.15, 0.2) is 23.2 Å². The molecule has 31 heavy (non-hydrogen) atoms. The Morgan fingerprint density at radius 2 is 1.90 bits per heavy atom. The third-order valence-corrected chi connectivity index (χ3v) is 4.95. The number of aliphatic hydroxyl groups is 3. The van der Waals surface area contributed by atoms with Crippen molar-refractivity contribution in [2.75, 3.05) is 11.9 Å². The van der Waals surface area contributed by atoms with Crippen molar-refractivity contribution < 1.29 is 37.6 Å². The second-order valence-electron chi connectivity index (χ2n) is 6.94. The molecule has 1 aliphatic heterocycles. The maximum absolute atomic E-state index is 13.8. The van der Waals surface area contributed by atoms with Gasteiger partial charge in [-0.3, -0.25) is 4.57 Å². The molecule has 4 atom stereocenters. The van der Waals surface area contributed by atoms with Gasteiger partial charge in [-0.25, -0.2) is 19.3 Å². The number of fused-ring (bicyclic) bond motifs is 1. The Balaban J connectivity index is 1.56. The average molecular weight is 443 g/mol. The van der Waals surface area contributed by atoms with Gasteiger partial charge in [-0.05, 0) is 17.7 Å². The van der Waals surface area contributed by atoms with Gasteiger partial charge in [0.05, 0.1) is 18.5 Å². The van der Waals surface area contributed by atoms with E-state index in [2.05, 4.69) is 20.3 Å². The van der Waals surface area contributed by atoms with E-state index in [9.17, 15) is 32.9 Å². The highest BCUT2D eigenvalue weighted by atomic mass is 19.4. The Morgan fingerprint density at radius 1 is 1.13 bits per heavy atom. The molecule has 0 bridgehead atoms. The van der Waals surface area contributed by atoms with Crippen LogP contribution < -0.4 is 5.32 Å². The predicted octanol–water partition coefficient (Wildman–Crippen LogP) is 1.21. The molecule has 0 aliphatic carbocycles. The van der Waals surface area contributed by atoms with Gasteiger partial charge < -0.3 is 25.4 Å². The molecule has 2 aromatic heterocycles. The third-order valence-electron chi connectivity index (χ3n) is 4.95. The van der Waals surface area contributed by atoms with Crippen LogP contribution in [0.25, 0.3) is 11.2 Å². The van der Waals surface area contributed by atoms with Crippen LogP contribution in [0.2, 0.25) is 0 Å². The number of anilines is 1. The van der Waals surface area contributed by atoms with E-state index in [1.807, 2.05) is 0 Å². The van der Waals surface area contributed by atoms with Crippen molar-refractivity contribution in [1.29, 1.82) is 0 Å². The molecule has 4 N–H and O–H groups in total. The van der Waals surface area contributed by atoms with Crippen LogP contribution in [-0.2, 0) is 17.5 Å². The number of aliphatic hydroxyl groups excluding tert-OH is 3. The number of hydrogen-bond acceptors (Lipinski definition) is 8. The highest BCUT2D eigenvalue weighted by Gasteiger charge is 2.44. The molecular weight excluding hydrogens is 426 g/mol. The molecular formula is C18H17F4N5O4. The molecule has 1 saturated heterocycles. The van der Waals surface area contributed by atoms with E-state index in [4.69, 9.17) is 4.74 Å². The summed E-state index contributed by atoms with van der Waals surface area (Å²) >= 11 is 0. The summed E-state index contributed by atoms with van der Waals surface area (Å²) in [4.78, 5) is 12.3. The molecule has 3 aromatic rings. The fourth-order valence-corrected chi connectivity index (χ4v) is 3.36. The standard InChI is InChI=1S/C18H17F4N5O4/c19-10-3-8(1-2-9(10)18(20,21)22)4-23-15-12-16(25-6-24-15)27(7-26-12)17-14(30)13(29)11(5-28)31-17/h1-3,6-7,11,13-14,17,28-30H,4-5H2,(H,23,24,25)/t11-,13-,14-,17-/m1/s1. The Hall–Kier alpha value is -2.87. The van der Waals surface area contributed by atoms with Gasteiger partial charge >= 0.3 is 6.18 Å². The van der Waals surface area contributed by atoms with Gasteiger partial charge in [0, 0.05) is 6.54 Å². The second-order valence-corrected chi connectivity index (χ2v) is 6.94. The summed E-state index contributed by atoms with van der Waals surface area (Å²) < 4.78 is 58.7. The van der Waals surface area contributed by atoms with Crippen LogP contribution in [0.15, 0.2) is 30.9 Å². The first kappa shape index (κ1) is 21.4. The lowest BCUT2D eigenvalue weighted by atomic mass is 10.1. The summed E-state index contributed by atoms with van der Waals surface area (Å²) in [6, 6.07) is 2.60. The highest BCUT2D eigenvalue weighted by Crippen LogP contribution is 2.33. The highest BCUT2D eigenvalue weighted by molar-refractivity contribution is 5.82. The van der Waals surface area contributed by atoms with Crippen LogP contribution in [0.1, 0.15) is 17.4 Å². The van der Waals surface area contributed by atoms with Crippen molar-refractivity contribution >= 4 is 17.0 Å². The third kappa shape index (κ3) is 3.92. The Kier molecular flexibility index (Phi) is 5.51.